The van der Waals surface area contributed by atoms with Crippen LogP contribution in [0.4, 0.5) is 0 Å². The van der Waals surface area contributed by atoms with Crippen molar-refractivity contribution in [2.45, 2.75) is 39.7 Å². The minimum atomic E-state index is -0.618. The molecule has 9 heteroatoms. The molecule has 0 saturated heterocycles. The van der Waals surface area contributed by atoms with Crippen LogP contribution in [0.3, 0.4) is 0 Å². The lowest BCUT2D eigenvalue weighted by Gasteiger charge is -2.11. The van der Waals surface area contributed by atoms with E-state index in [0.29, 0.717) is 17.3 Å². The molecule has 0 atom stereocenters. The summed E-state index contributed by atoms with van der Waals surface area (Å²) in [5, 5.41) is 9.47. The van der Waals surface area contributed by atoms with Crippen molar-refractivity contribution in [1.82, 2.24) is 30.4 Å². The van der Waals surface area contributed by atoms with E-state index in [0.717, 1.165) is 30.6 Å². The highest BCUT2D eigenvalue weighted by molar-refractivity contribution is 6.05. The van der Waals surface area contributed by atoms with E-state index >= 15 is 0 Å². The maximum Gasteiger partial charge on any atom is 0.290 e. The first-order chi connectivity index (χ1) is 16.5. The molecule has 9 nitrogen and oxygen atoms in total. The van der Waals surface area contributed by atoms with E-state index in [1.54, 1.807) is 35.0 Å². The molecule has 0 radical (unpaired) electrons. The van der Waals surface area contributed by atoms with Crippen LogP contribution in [-0.2, 0) is 6.54 Å². The van der Waals surface area contributed by atoms with Crippen LogP contribution < -0.4 is 16.4 Å². The molecule has 174 valence electrons. The van der Waals surface area contributed by atoms with Crippen molar-refractivity contribution < 1.29 is 9.59 Å². The van der Waals surface area contributed by atoms with Crippen LogP contribution in [-0.4, -0.2) is 31.4 Å². The van der Waals surface area contributed by atoms with Gasteiger partial charge < -0.3 is 0 Å². The van der Waals surface area contributed by atoms with Crippen molar-refractivity contribution in [3.63, 3.8) is 0 Å². The summed E-state index contributed by atoms with van der Waals surface area (Å²) in [5.41, 5.74) is 6.38. The van der Waals surface area contributed by atoms with Crippen molar-refractivity contribution in [2.75, 3.05) is 0 Å². The second-order valence-corrected chi connectivity index (χ2v) is 7.96. The predicted octanol–water partition coefficient (Wildman–Crippen LogP) is 3.16. The molecule has 0 aliphatic carbocycles. The van der Waals surface area contributed by atoms with E-state index in [4.69, 9.17) is 0 Å². The Hall–Kier alpha value is -4.27. The Labute approximate surface area is 196 Å². The number of carbonyl (C=O) groups excluding carboxylic acids is 2. The van der Waals surface area contributed by atoms with Crippen LogP contribution in [0.15, 0.2) is 65.5 Å². The van der Waals surface area contributed by atoms with E-state index < -0.39 is 11.8 Å². The third kappa shape index (κ3) is 4.73. The Morgan fingerprint density at radius 3 is 2.29 bits per heavy atom. The number of carbonyl (C=O) groups is 2. The smallest absolute Gasteiger partial charge is 0.267 e. The van der Waals surface area contributed by atoms with Gasteiger partial charge in [0.15, 0.2) is 11.4 Å². The lowest BCUT2D eigenvalue weighted by Crippen LogP contribution is -2.43. The predicted molar refractivity (Wildman–Crippen MR) is 129 cm³/mol. The van der Waals surface area contributed by atoms with Crippen molar-refractivity contribution in [3.8, 4) is 5.69 Å². The van der Waals surface area contributed by atoms with Crippen LogP contribution in [0, 0.1) is 6.92 Å². The molecule has 2 amide bonds. The summed E-state index contributed by atoms with van der Waals surface area (Å²) in [6, 6.07) is 17.9. The number of fused-ring (bicyclic) bond motifs is 1. The molecule has 2 heterocycles. The van der Waals surface area contributed by atoms with E-state index in [9.17, 15) is 14.4 Å². The Kier molecular flexibility index (Phi) is 6.82. The van der Waals surface area contributed by atoms with Crippen LogP contribution in [0.1, 0.15) is 52.9 Å². The normalized spacial score (nSPS) is 10.9. The van der Waals surface area contributed by atoms with Gasteiger partial charge in [-0.1, -0.05) is 56.2 Å². The first-order valence-electron chi connectivity index (χ1n) is 11.2. The van der Waals surface area contributed by atoms with Crippen LogP contribution in [0.2, 0.25) is 0 Å². The molecule has 0 fully saturated rings. The van der Waals surface area contributed by atoms with Gasteiger partial charge in [-0.15, -0.1) is 0 Å². The monoisotopic (exact) mass is 458 g/mol. The standard InChI is InChI=1S/C25H26N6O3/c1-3-4-10-15-30-25(34)20-14-9-8-13-19(20)22(29-30)24(33)27-26-23(32)21-16-17(2)31(28-21)18-11-6-5-7-12-18/h5-9,11-14,16H,3-4,10,15H2,1-2H3,(H,26,32)(H,27,33). The quantitative estimate of drug-likeness (QED) is 0.326. The fraction of sp³-hybridized carbons (Fsp3) is 0.240. The van der Waals surface area contributed by atoms with Gasteiger partial charge in [0.25, 0.3) is 17.4 Å². The first kappa shape index (κ1) is 22.9. The maximum absolute atomic E-state index is 13.0. The summed E-state index contributed by atoms with van der Waals surface area (Å²) in [4.78, 5) is 38.4. The minimum Gasteiger partial charge on any atom is -0.267 e. The number of hydrogen-bond acceptors (Lipinski definition) is 5. The Balaban J connectivity index is 1.54. The molecule has 0 bridgehead atoms. The fourth-order valence-electron chi connectivity index (χ4n) is 3.72. The number of para-hydroxylation sites is 1. The van der Waals surface area contributed by atoms with E-state index in [2.05, 4.69) is 28.0 Å². The first-order valence-corrected chi connectivity index (χ1v) is 11.2. The van der Waals surface area contributed by atoms with E-state index in [1.807, 2.05) is 37.3 Å². The summed E-state index contributed by atoms with van der Waals surface area (Å²) in [6.07, 6.45) is 2.73. The molecule has 0 aliphatic heterocycles. The number of hydrogen-bond donors (Lipinski definition) is 2. The Morgan fingerprint density at radius 1 is 0.882 bits per heavy atom. The molecule has 4 rings (SSSR count). The Morgan fingerprint density at radius 2 is 1.56 bits per heavy atom. The van der Waals surface area contributed by atoms with Gasteiger partial charge in [0.05, 0.1) is 11.1 Å². The third-order valence-electron chi connectivity index (χ3n) is 5.47. The average Bonchev–Trinajstić information content (AvgIpc) is 3.26. The molecule has 2 aromatic heterocycles. The number of aryl methyl sites for hydroxylation is 2. The Bertz CT molecular complexity index is 1390. The molecule has 2 aromatic carbocycles. The zero-order chi connectivity index (χ0) is 24.1. The van der Waals surface area contributed by atoms with E-state index in [-0.39, 0.29) is 16.9 Å². The van der Waals surface area contributed by atoms with Gasteiger partial charge in [-0.25, -0.2) is 9.36 Å². The SMILES string of the molecule is CCCCCn1nc(C(=O)NNC(=O)c2cc(C)n(-c3ccccc3)n2)c2ccccc2c1=O. The molecular formula is C25H26N6O3. The zero-order valence-corrected chi connectivity index (χ0v) is 19.1. The molecular weight excluding hydrogens is 432 g/mol. The van der Waals surface area contributed by atoms with Gasteiger partial charge in [0.1, 0.15) is 0 Å². The van der Waals surface area contributed by atoms with Crippen LogP contribution >= 0.6 is 0 Å². The number of benzene rings is 2. The number of nitrogens with one attached hydrogen (secondary N) is 2. The number of hydrazine groups is 1. The summed E-state index contributed by atoms with van der Waals surface area (Å²) < 4.78 is 2.97. The highest BCUT2D eigenvalue weighted by atomic mass is 16.2. The van der Waals surface area contributed by atoms with Gasteiger partial charge in [0, 0.05) is 17.6 Å². The number of rotatable bonds is 7. The average molecular weight is 459 g/mol. The fourth-order valence-corrected chi connectivity index (χ4v) is 3.72. The van der Waals surface area contributed by atoms with Crippen molar-refractivity contribution in [2.24, 2.45) is 0 Å². The van der Waals surface area contributed by atoms with Crippen molar-refractivity contribution in [3.05, 3.63) is 88.1 Å². The second kappa shape index (κ2) is 10.1. The molecule has 0 unspecified atom stereocenters. The van der Waals surface area contributed by atoms with Gasteiger partial charge in [-0.2, -0.15) is 10.2 Å². The highest BCUT2D eigenvalue weighted by Crippen LogP contribution is 2.14. The van der Waals surface area contributed by atoms with Crippen LogP contribution in [0.25, 0.3) is 16.5 Å². The lowest BCUT2D eigenvalue weighted by atomic mass is 10.1. The second-order valence-electron chi connectivity index (χ2n) is 7.96. The molecule has 0 spiro atoms. The van der Waals surface area contributed by atoms with Gasteiger partial charge in [0.2, 0.25) is 0 Å². The molecule has 4 aromatic rings. The maximum atomic E-state index is 13.0. The number of unbranched alkanes of at least 4 members (excludes halogenated alkanes) is 2. The number of nitrogens with zero attached hydrogens (tertiary/aromatic N) is 4. The number of aromatic nitrogens is 4. The lowest BCUT2D eigenvalue weighted by molar-refractivity contribution is 0.0840. The molecule has 2 N–H and O–H groups in total. The zero-order valence-electron chi connectivity index (χ0n) is 19.1. The molecule has 0 saturated carbocycles. The molecule has 34 heavy (non-hydrogen) atoms. The highest BCUT2D eigenvalue weighted by Gasteiger charge is 2.19. The minimum absolute atomic E-state index is 0.0676. The van der Waals surface area contributed by atoms with Gasteiger partial charge >= 0.3 is 0 Å². The largest absolute Gasteiger partial charge is 0.290 e. The summed E-state index contributed by atoms with van der Waals surface area (Å²) in [7, 11) is 0. The van der Waals surface area contributed by atoms with Crippen molar-refractivity contribution in [1.29, 1.82) is 0 Å². The summed E-state index contributed by atoms with van der Waals surface area (Å²) in [6.45, 7) is 4.33. The summed E-state index contributed by atoms with van der Waals surface area (Å²) >= 11 is 0. The number of amides is 2. The topological polar surface area (TPSA) is 111 Å². The third-order valence-corrected chi connectivity index (χ3v) is 5.47. The molecule has 0 aliphatic rings. The van der Waals surface area contributed by atoms with Crippen molar-refractivity contribution >= 4 is 22.6 Å². The van der Waals surface area contributed by atoms with Crippen LogP contribution in [0.5, 0.6) is 0 Å². The van der Waals surface area contributed by atoms with Gasteiger partial charge in [-0.05, 0) is 37.6 Å². The van der Waals surface area contributed by atoms with E-state index in [1.165, 1.54) is 4.68 Å². The van der Waals surface area contributed by atoms with Gasteiger partial charge in [-0.3, -0.25) is 25.2 Å². The summed E-state index contributed by atoms with van der Waals surface area (Å²) in [5.74, 6) is -1.18.